The Kier molecular flexibility index (Phi) is 5.50. The first-order valence-corrected chi connectivity index (χ1v) is 10.8. The maximum atomic E-state index is 11.3. The molecule has 0 bridgehead atoms. The van der Waals surface area contributed by atoms with Gasteiger partial charge in [0.1, 0.15) is 0 Å². The fourth-order valence-electron chi connectivity index (χ4n) is 3.62. The highest BCUT2D eigenvalue weighted by atomic mass is 32.2. The van der Waals surface area contributed by atoms with Gasteiger partial charge < -0.3 is 20.3 Å². The summed E-state index contributed by atoms with van der Waals surface area (Å²) in [5, 5.41) is 16.3. The molecule has 2 aliphatic rings. The molecule has 11 heteroatoms. The van der Waals surface area contributed by atoms with E-state index in [1.807, 2.05) is 4.57 Å². The molecule has 2 aromatic rings. The van der Waals surface area contributed by atoms with Crippen molar-refractivity contribution in [2.75, 3.05) is 30.3 Å². The number of aliphatic hydroxyl groups excluding tert-OH is 1. The minimum atomic E-state index is -1.96. The molecule has 0 amide bonds. The summed E-state index contributed by atoms with van der Waals surface area (Å²) in [5.74, 6) is 1.53. The molecule has 2 aromatic heterocycles. The number of aromatic nitrogens is 4. The normalized spacial score (nSPS) is 22.7. The molecule has 3 atom stereocenters. The van der Waals surface area contributed by atoms with Crippen LogP contribution in [0.5, 0.6) is 0 Å². The van der Waals surface area contributed by atoms with Crippen molar-refractivity contribution < 1.29 is 13.9 Å². The SMILES string of the molecule is CC(C)n1cnc2c(NC3CCN(S(=O)O)C3)nc(NC(CO)C3CC3)nc21. The van der Waals surface area contributed by atoms with Crippen LogP contribution in [-0.4, -0.2) is 69.5 Å². The zero-order valence-corrected chi connectivity index (χ0v) is 16.9. The first-order valence-electron chi connectivity index (χ1n) is 9.70. The van der Waals surface area contributed by atoms with E-state index in [1.165, 1.54) is 4.31 Å². The monoisotopic (exact) mass is 409 g/mol. The van der Waals surface area contributed by atoms with Crippen LogP contribution in [0.3, 0.4) is 0 Å². The summed E-state index contributed by atoms with van der Waals surface area (Å²) in [5.41, 5.74) is 1.40. The van der Waals surface area contributed by atoms with Crippen molar-refractivity contribution in [1.82, 2.24) is 23.8 Å². The quantitative estimate of drug-likeness (QED) is 0.479. The molecular weight excluding hydrogens is 382 g/mol. The van der Waals surface area contributed by atoms with Crippen molar-refractivity contribution in [3.05, 3.63) is 6.33 Å². The molecule has 1 aliphatic carbocycles. The van der Waals surface area contributed by atoms with Crippen LogP contribution in [0, 0.1) is 5.92 Å². The lowest BCUT2D eigenvalue weighted by molar-refractivity contribution is 0.263. The Morgan fingerprint density at radius 2 is 2.11 bits per heavy atom. The third-order valence-electron chi connectivity index (χ3n) is 5.39. The third-order valence-corrected chi connectivity index (χ3v) is 6.17. The van der Waals surface area contributed by atoms with Gasteiger partial charge in [0.05, 0.1) is 19.0 Å². The molecule has 3 unspecified atom stereocenters. The first-order chi connectivity index (χ1) is 13.5. The van der Waals surface area contributed by atoms with E-state index in [2.05, 4.69) is 39.4 Å². The molecule has 2 fully saturated rings. The minimum Gasteiger partial charge on any atom is -0.394 e. The summed E-state index contributed by atoms with van der Waals surface area (Å²) < 4.78 is 24.1. The van der Waals surface area contributed by atoms with E-state index in [0.29, 0.717) is 36.3 Å². The number of hydrogen-bond acceptors (Lipinski definition) is 7. The standard InChI is InChI=1S/C17H27N7O3S/c1-10(2)24-9-18-14-15(19-12-5-6-23(7-12)28(26)27)21-17(22-16(14)24)20-13(8-25)11-3-4-11/h9-13,25H,3-8H2,1-2H3,(H,26,27)(H2,19,20,21,22). The molecule has 4 N–H and O–H groups in total. The molecule has 28 heavy (non-hydrogen) atoms. The zero-order valence-electron chi connectivity index (χ0n) is 16.1. The second-order valence-corrected chi connectivity index (χ2v) is 8.81. The number of fused-ring (bicyclic) bond motifs is 1. The van der Waals surface area contributed by atoms with Gasteiger partial charge in [0.25, 0.3) is 0 Å². The number of nitrogens with zero attached hydrogens (tertiary/aromatic N) is 5. The van der Waals surface area contributed by atoms with Crippen LogP contribution in [-0.2, 0) is 11.3 Å². The van der Waals surface area contributed by atoms with Gasteiger partial charge in [0.15, 0.2) is 17.0 Å². The Balaban J connectivity index is 1.64. The van der Waals surface area contributed by atoms with Gasteiger partial charge in [-0.05, 0) is 39.0 Å². The average molecular weight is 410 g/mol. The second kappa shape index (κ2) is 7.90. The van der Waals surface area contributed by atoms with Crippen LogP contribution in [0.4, 0.5) is 11.8 Å². The van der Waals surface area contributed by atoms with Crippen molar-refractivity contribution in [2.24, 2.45) is 5.92 Å². The maximum Gasteiger partial charge on any atom is 0.234 e. The fraction of sp³-hybridized carbons (Fsp3) is 0.706. The minimum absolute atomic E-state index is 0.00307. The summed E-state index contributed by atoms with van der Waals surface area (Å²) >= 11 is -1.96. The third kappa shape index (κ3) is 3.97. The summed E-state index contributed by atoms with van der Waals surface area (Å²) in [6.45, 7) is 5.18. The van der Waals surface area contributed by atoms with Gasteiger partial charge in [-0.25, -0.2) is 9.19 Å². The summed E-state index contributed by atoms with van der Waals surface area (Å²) in [4.78, 5) is 13.8. The summed E-state index contributed by atoms with van der Waals surface area (Å²) in [7, 11) is 0. The van der Waals surface area contributed by atoms with Gasteiger partial charge in [-0.3, -0.25) is 4.55 Å². The Bertz CT molecular complexity index is 870. The molecule has 154 valence electrons. The Hall–Kier alpha value is -1.82. The lowest BCUT2D eigenvalue weighted by Gasteiger charge is -2.18. The molecule has 10 nitrogen and oxygen atoms in total. The van der Waals surface area contributed by atoms with Crippen LogP contribution >= 0.6 is 0 Å². The van der Waals surface area contributed by atoms with Gasteiger partial charge in [0, 0.05) is 25.2 Å². The van der Waals surface area contributed by atoms with Crippen LogP contribution < -0.4 is 10.6 Å². The fourth-order valence-corrected chi connectivity index (χ4v) is 4.19. The van der Waals surface area contributed by atoms with E-state index in [0.717, 1.165) is 24.9 Å². The van der Waals surface area contributed by atoms with Gasteiger partial charge >= 0.3 is 0 Å². The van der Waals surface area contributed by atoms with Crippen molar-refractivity contribution in [3.8, 4) is 0 Å². The van der Waals surface area contributed by atoms with Crippen molar-refractivity contribution in [3.63, 3.8) is 0 Å². The number of aliphatic hydroxyl groups is 1. The van der Waals surface area contributed by atoms with E-state index in [4.69, 9.17) is 0 Å². The van der Waals surface area contributed by atoms with Gasteiger partial charge in [0.2, 0.25) is 17.2 Å². The van der Waals surface area contributed by atoms with Crippen LogP contribution in [0.1, 0.15) is 39.2 Å². The number of anilines is 2. The smallest absolute Gasteiger partial charge is 0.234 e. The molecule has 0 spiro atoms. The molecule has 1 saturated carbocycles. The maximum absolute atomic E-state index is 11.3. The number of hydrogen-bond donors (Lipinski definition) is 4. The number of rotatable bonds is 8. The summed E-state index contributed by atoms with van der Waals surface area (Å²) in [6, 6.07) is 0.138. The number of imidazole rings is 1. The Morgan fingerprint density at radius 3 is 2.71 bits per heavy atom. The van der Waals surface area contributed by atoms with E-state index >= 15 is 0 Å². The molecule has 3 heterocycles. The molecule has 1 aliphatic heterocycles. The zero-order chi connectivity index (χ0) is 19.8. The lowest BCUT2D eigenvalue weighted by Crippen LogP contribution is -2.29. The van der Waals surface area contributed by atoms with Gasteiger partial charge in [-0.15, -0.1) is 0 Å². The van der Waals surface area contributed by atoms with Crippen LogP contribution in [0.2, 0.25) is 0 Å². The van der Waals surface area contributed by atoms with Gasteiger partial charge in [-0.2, -0.15) is 14.3 Å². The molecule has 1 saturated heterocycles. The topological polar surface area (TPSA) is 128 Å². The molecule has 0 aromatic carbocycles. The van der Waals surface area contributed by atoms with E-state index < -0.39 is 11.3 Å². The van der Waals surface area contributed by atoms with Crippen LogP contribution in [0.15, 0.2) is 6.33 Å². The summed E-state index contributed by atoms with van der Waals surface area (Å²) in [6.07, 6.45) is 4.71. The predicted molar refractivity (Wildman–Crippen MR) is 107 cm³/mol. The van der Waals surface area contributed by atoms with Crippen molar-refractivity contribution in [2.45, 2.75) is 51.2 Å². The van der Waals surface area contributed by atoms with Crippen molar-refractivity contribution in [1.29, 1.82) is 0 Å². The average Bonchev–Trinajstić information content (AvgIpc) is 3.22. The second-order valence-electron chi connectivity index (χ2n) is 7.83. The van der Waals surface area contributed by atoms with Crippen LogP contribution in [0.25, 0.3) is 11.2 Å². The first kappa shape index (κ1) is 19.5. The van der Waals surface area contributed by atoms with Crippen molar-refractivity contribution >= 4 is 34.2 Å². The van der Waals surface area contributed by atoms with Gasteiger partial charge in [-0.1, -0.05) is 0 Å². The molecule has 4 rings (SSSR count). The highest BCUT2D eigenvalue weighted by Gasteiger charge is 2.32. The largest absolute Gasteiger partial charge is 0.394 e. The Labute approximate surface area is 166 Å². The highest BCUT2D eigenvalue weighted by molar-refractivity contribution is 7.76. The molecule has 0 radical (unpaired) electrons. The predicted octanol–water partition coefficient (Wildman–Crippen LogP) is 1.21. The number of nitrogens with one attached hydrogen (secondary N) is 2. The Morgan fingerprint density at radius 1 is 1.32 bits per heavy atom. The van der Waals surface area contributed by atoms with E-state index in [1.54, 1.807) is 6.33 Å². The lowest BCUT2D eigenvalue weighted by atomic mass is 10.2. The molecular formula is C17H27N7O3S. The van der Waals surface area contributed by atoms with E-state index in [9.17, 15) is 13.9 Å². The van der Waals surface area contributed by atoms with E-state index in [-0.39, 0.29) is 24.7 Å². The highest BCUT2D eigenvalue weighted by Crippen LogP contribution is 2.34.